The molecule has 0 saturated carbocycles. The maximum absolute atomic E-state index is 9.07. The summed E-state index contributed by atoms with van der Waals surface area (Å²) in [4.78, 5) is 18.2. The minimum Gasteiger partial charge on any atom is -0.396 e. The van der Waals surface area contributed by atoms with Gasteiger partial charge in [-0.2, -0.15) is 0 Å². The van der Waals surface area contributed by atoms with Crippen molar-refractivity contribution in [3.05, 3.63) is 42.4 Å². The van der Waals surface area contributed by atoms with E-state index in [1.54, 1.807) is 6.20 Å². The Morgan fingerprint density at radius 1 is 1.15 bits per heavy atom. The fourth-order valence-electron chi connectivity index (χ4n) is 3.43. The molecule has 1 aliphatic heterocycles. The second kappa shape index (κ2) is 7.88. The maximum atomic E-state index is 9.07. The van der Waals surface area contributed by atoms with Gasteiger partial charge < -0.3 is 9.84 Å². The minimum atomic E-state index is 0.151. The van der Waals surface area contributed by atoms with Gasteiger partial charge in [-0.25, -0.2) is 15.0 Å². The van der Waals surface area contributed by atoms with Crippen LogP contribution in [0.15, 0.2) is 30.9 Å². The zero-order valence-electron chi connectivity index (χ0n) is 14.7. The molecule has 0 aliphatic carbocycles. The van der Waals surface area contributed by atoms with Crippen molar-refractivity contribution in [2.75, 3.05) is 19.8 Å². The van der Waals surface area contributed by atoms with Crippen LogP contribution in [0.4, 0.5) is 0 Å². The van der Waals surface area contributed by atoms with Crippen LogP contribution in [-0.2, 0) is 17.6 Å². The van der Waals surface area contributed by atoms with Gasteiger partial charge in [0.2, 0.25) is 0 Å². The number of hydrogen-bond donors (Lipinski definition) is 1. The summed E-state index contributed by atoms with van der Waals surface area (Å²) in [5, 5.41) is 9.07. The van der Waals surface area contributed by atoms with Crippen LogP contribution >= 0.6 is 0 Å². The summed E-state index contributed by atoms with van der Waals surface area (Å²) in [6.45, 7) is 1.82. The van der Waals surface area contributed by atoms with Gasteiger partial charge in [0.15, 0.2) is 5.65 Å². The number of hydrogen-bond acceptors (Lipinski definition) is 6. The van der Waals surface area contributed by atoms with Gasteiger partial charge in [0, 0.05) is 44.8 Å². The quantitative estimate of drug-likeness (QED) is 0.730. The second-order valence-corrected chi connectivity index (χ2v) is 6.66. The number of imidazole rings is 1. The lowest BCUT2D eigenvalue weighted by Crippen LogP contribution is -2.18. The topological polar surface area (TPSA) is 85.4 Å². The molecule has 0 bridgehead atoms. The summed E-state index contributed by atoms with van der Waals surface area (Å²) >= 11 is 0. The SMILES string of the molecule is OCCCc1nccn2c(-c3ccnc(CC4CCOCC4)n3)cnc12. The maximum Gasteiger partial charge on any atom is 0.159 e. The van der Waals surface area contributed by atoms with Crippen LogP contribution in [0.5, 0.6) is 0 Å². The average molecular weight is 353 g/mol. The highest BCUT2D eigenvalue weighted by molar-refractivity contribution is 5.61. The lowest BCUT2D eigenvalue weighted by Gasteiger charge is -2.21. The zero-order chi connectivity index (χ0) is 17.8. The molecule has 136 valence electrons. The molecule has 0 amide bonds. The number of ether oxygens (including phenoxy) is 1. The molecule has 3 aromatic heterocycles. The normalized spacial score (nSPS) is 15.6. The first-order valence-corrected chi connectivity index (χ1v) is 9.17. The van der Waals surface area contributed by atoms with Gasteiger partial charge in [-0.05, 0) is 37.7 Å². The van der Waals surface area contributed by atoms with E-state index in [4.69, 9.17) is 14.8 Å². The van der Waals surface area contributed by atoms with Gasteiger partial charge in [-0.15, -0.1) is 0 Å². The molecule has 7 nitrogen and oxygen atoms in total. The van der Waals surface area contributed by atoms with E-state index in [2.05, 4.69) is 15.0 Å². The molecule has 1 N–H and O–H groups in total. The fraction of sp³-hybridized carbons (Fsp3) is 0.474. The van der Waals surface area contributed by atoms with E-state index >= 15 is 0 Å². The monoisotopic (exact) mass is 353 g/mol. The predicted molar refractivity (Wildman–Crippen MR) is 96.7 cm³/mol. The summed E-state index contributed by atoms with van der Waals surface area (Å²) in [6, 6.07) is 1.92. The molecule has 0 unspecified atom stereocenters. The third-order valence-electron chi connectivity index (χ3n) is 4.85. The van der Waals surface area contributed by atoms with Gasteiger partial charge in [0.1, 0.15) is 5.82 Å². The highest BCUT2D eigenvalue weighted by Crippen LogP contribution is 2.22. The smallest absolute Gasteiger partial charge is 0.159 e. The molecule has 1 fully saturated rings. The zero-order valence-corrected chi connectivity index (χ0v) is 14.7. The molecule has 7 heteroatoms. The van der Waals surface area contributed by atoms with Crippen molar-refractivity contribution in [2.45, 2.75) is 32.1 Å². The molecule has 26 heavy (non-hydrogen) atoms. The number of aryl methyl sites for hydroxylation is 1. The van der Waals surface area contributed by atoms with Crippen LogP contribution in [-0.4, -0.2) is 49.3 Å². The van der Waals surface area contributed by atoms with Gasteiger partial charge in [-0.1, -0.05) is 0 Å². The third-order valence-corrected chi connectivity index (χ3v) is 4.85. The van der Waals surface area contributed by atoms with Gasteiger partial charge in [0.25, 0.3) is 0 Å². The Hall–Kier alpha value is -2.38. The molecule has 0 spiro atoms. The summed E-state index contributed by atoms with van der Waals surface area (Å²) in [6.07, 6.45) is 11.7. The second-order valence-electron chi connectivity index (χ2n) is 6.66. The van der Waals surface area contributed by atoms with Crippen molar-refractivity contribution in [1.29, 1.82) is 0 Å². The van der Waals surface area contributed by atoms with Gasteiger partial charge in [-0.3, -0.25) is 9.38 Å². The average Bonchev–Trinajstić information content (AvgIpc) is 3.12. The first-order valence-electron chi connectivity index (χ1n) is 9.17. The molecule has 0 aromatic carbocycles. The molecule has 4 heterocycles. The summed E-state index contributed by atoms with van der Waals surface area (Å²) in [5.74, 6) is 1.47. The molecule has 3 aromatic rings. The van der Waals surface area contributed by atoms with E-state index in [0.29, 0.717) is 18.8 Å². The van der Waals surface area contributed by atoms with Crippen LogP contribution in [0.2, 0.25) is 0 Å². The van der Waals surface area contributed by atoms with Crippen molar-refractivity contribution in [2.24, 2.45) is 5.92 Å². The van der Waals surface area contributed by atoms with E-state index in [9.17, 15) is 0 Å². The Morgan fingerprint density at radius 3 is 2.88 bits per heavy atom. The molecular weight excluding hydrogens is 330 g/mol. The molecule has 0 atom stereocenters. The van der Waals surface area contributed by atoms with Crippen molar-refractivity contribution >= 4 is 5.65 Å². The Labute approximate surface area is 152 Å². The number of fused-ring (bicyclic) bond motifs is 1. The number of rotatable bonds is 6. The van der Waals surface area contributed by atoms with E-state index < -0.39 is 0 Å². The Bertz CT molecular complexity index is 873. The summed E-state index contributed by atoms with van der Waals surface area (Å²) in [5.41, 5.74) is 3.52. The van der Waals surface area contributed by atoms with Gasteiger partial charge >= 0.3 is 0 Å². The van der Waals surface area contributed by atoms with Crippen LogP contribution in [0.3, 0.4) is 0 Å². The van der Waals surface area contributed by atoms with E-state index in [1.165, 1.54) is 0 Å². The van der Waals surface area contributed by atoms with Crippen molar-refractivity contribution in [3.63, 3.8) is 0 Å². The van der Waals surface area contributed by atoms with Crippen LogP contribution in [0, 0.1) is 5.92 Å². The van der Waals surface area contributed by atoms with Crippen molar-refractivity contribution in [1.82, 2.24) is 24.3 Å². The largest absolute Gasteiger partial charge is 0.396 e. The molecular formula is C19H23N5O2. The van der Waals surface area contributed by atoms with Gasteiger partial charge in [0.05, 0.1) is 23.3 Å². The molecule has 1 saturated heterocycles. The van der Waals surface area contributed by atoms with Crippen LogP contribution < -0.4 is 0 Å². The third kappa shape index (κ3) is 3.59. The highest BCUT2D eigenvalue weighted by atomic mass is 16.5. The molecule has 1 aliphatic rings. The standard InChI is InChI=1S/C19H23N5O2/c25-9-1-2-16-19-22-13-17(24(19)8-7-20-16)15-3-6-21-18(23-15)12-14-4-10-26-11-5-14/h3,6-8,13-14,25H,1-2,4-5,9-12H2. The Balaban J connectivity index is 1.62. The predicted octanol–water partition coefficient (Wildman–Crippen LogP) is 2.08. The highest BCUT2D eigenvalue weighted by Gasteiger charge is 2.17. The summed E-state index contributed by atoms with van der Waals surface area (Å²) < 4.78 is 7.45. The Morgan fingerprint density at radius 2 is 2.04 bits per heavy atom. The number of aromatic nitrogens is 5. The lowest BCUT2D eigenvalue weighted by atomic mass is 9.96. The minimum absolute atomic E-state index is 0.151. The fourth-order valence-corrected chi connectivity index (χ4v) is 3.43. The van der Waals surface area contributed by atoms with Crippen molar-refractivity contribution < 1.29 is 9.84 Å². The number of nitrogens with zero attached hydrogens (tertiary/aromatic N) is 5. The first kappa shape index (κ1) is 17.1. The van der Waals surface area contributed by atoms with Crippen LogP contribution in [0.1, 0.15) is 30.8 Å². The molecule has 4 rings (SSSR count). The van der Waals surface area contributed by atoms with Crippen LogP contribution in [0.25, 0.3) is 17.0 Å². The lowest BCUT2D eigenvalue weighted by molar-refractivity contribution is 0.0660. The van der Waals surface area contributed by atoms with E-state index in [1.807, 2.05) is 29.1 Å². The summed E-state index contributed by atoms with van der Waals surface area (Å²) in [7, 11) is 0. The number of aliphatic hydroxyl groups is 1. The first-order chi connectivity index (χ1) is 12.8. The molecule has 0 radical (unpaired) electrons. The Kier molecular flexibility index (Phi) is 5.17. The van der Waals surface area contributed by atoms with E-state index in [0.717, 1.165) is 61.0 Å². The van der Waals surface area contributed by atoms with E-state index in [-0.39, 0.29) is 6.61 Å². The van der Waals surface area contributed by atoms with Crippen molar-refractivity contribution in [3.8, 4) is 11.4 Å². The number of aliphatic hydroxyl groups excluding tert-OH is 1.